The largest absolute Gasteiger partial charge is 0.495 e. The normalized spacial score (nSPS) is 20.9. The van der Waals surface area contributed by atoms with E-state index in [0.717, 1.165) is 6.42 Å². The Hall–Kier alpha value is -2.13. The van der Waals surface area contributed by atoms with E-state index in [4.69, 9.17) is 9.47 Å². The lowest BCUT2D eigenvalue weighted by atomic mass is 9.94. The van der Waals surface area contributed by atoms with Crippen LogP contribution in [0.3, 0.4) is 0 Å². The summed E-state index contributed by atoms with van der Waals surface area (Å²) in [4.78, 5) is 24.4. The number of nitrogens with zero attached hydrogens (tertiary/aromatic N) is 1. The lowest BCUT2D eigenvalue weighted by molar-refractivity contribution is -0.125. The lowest BCUT2D eigenvalue weighted by Gasteiger charge is -2.34. The fraction of sp³-hybridized carbons (Fsp3) is 0.636. The zero-order valence-electron chi connectivity index (χ0n) is 19.2. The van der Waals surface area contributed by atoms with Crippen molar-refractivity contribution in [3.63, 3.8) is 0 Å². The molecule has 0 bridgehead atoms. The Morgan fingerprint density at radius 2 is 1.77 bits per heavy atom. The first-order valence-corrected chi connectivity index (χ1v) is 12.0. The second kappa shape index (κ2) is 10.5. The van der Waals surface area contributed by atoms with Gasteiger partial charge in [0.2, 0.25) is 10.0 Å². The van der Waals surface area contributed by atoms with Crippen LogP contribution in [0.2, 0.25) is 0 Å². The van der Waals surface area contributed by atoms with Crippen LogP contribution >= 0.6 is 0 Å². The smallest absolute Gasteiger partial charge is 0.338 e. The molecule has 1 amide bonds. The van der Waals surface area contributed by atoms with Crippen molar-refractivity contribution in [2.24, 2.45) is 17.8 Å². The van der Waals surface area contributed by atoms with E-state index in [2.05, 4.69) is 5.32 Å². The molecule has 1 aromatic carbocycles. The predicted molar refractivity (Wildman–Crippen MR) is 117 cm³/mol. The molecule has 0 spiro atoms. The minimum Gasteiger partial charge on any atom is -0.495 e. The first-order chi connectivity index (χ1) is 14.4. The summed E-state index contributed by atoms with van der Waals surface area (Å²) in [6, 6.07) is 4.06. The van der Waals surface area contributed by atoms with Crippen molar-refractivity contribution in [2.75, 3.05) is 26.8 Å². The molecule has 174 valence electrons. The predicted octanol–water partition coefficient (Wildman–Crippen LogP) is 2.68. The monoisotopic (exact) mass is 454 g/mol. The molecule has 0 saturated carbocycles. The van der Waals surface area contributed by atoms with E-state index in [1.54, 1.807) is 0 Å². The molecule has 1 aliphatic rings. The Balaban J connectivity index is 2.20. The van der Waals surface area contributed by atoms with Crippen LogP contribution in [0.4, 0.5) is 0 Å². The van der Waals surface area contributed by atoms with E-state index in [1.807, 2.05) is 34.6 Å². The zero-order valence-corrected chi connectivity index (χ0v) is 20.0. The first kappa shape index (κ1) is 25.1. The van der Waals surface area contributed by atoms with Crippen LogP contribution in [0, 0.1) is 17.8 Å². The molecule has 1 saturated heterocycles. The maximum Gasteiger partial charge on any atom is 0.338 e. The molecule has 1 heterocycles. The highest BCUT2D eigenvalue weighted by atomic mass is 32.2. The summed E-state index contributed by atoms with van der Waals surface area (Å²) in [5, 5.41) is 2.75. The van der Waals surface area contributed by atoms with Gasteiger partial charge in [-0.3, -0.25) is 4.79 Å². The summed E-state index contributed by atoms with van der Waals surface area (Å²) >= 11 is 0. The van der Waals surface area contributed by atoms with Crippen molar-refractivity contribution >= 4 is 21.9 Å². The second-order valence-corrected chi connectivity index (χ2v) is 10.7. The SMILES string of the molecule is COc1ccc(C(=O)OCC(=O)NC(C)C(C)C)cc1S(=O)(=O)N1CC(C)CC(C)C1. The van der Waals surface area contributed by atoms with Gasteiger partial charge in [-0.1, -0.05) is 27.7 Å². The maximum atomic E-state index is 13.3. The second-order valence-electron chi connectivity index (χ2n) is 8.81. The highest BCUT2D eigenvalue weighted by Gasteiger charge is 2.34. The lowest BCUT2D eigenvalue weighted by Crippen LogP contribution is -2.42. The Kier molecular flexibility index (Phi) is 8.48. The molecule has 3 atom stereocenters. The van der Waals surface area contributed by atoms with Crippen molar-refractivity contribution < 1.29 is 27.5 Å². The van der Waals surface area contributed by atoms with E-state index >= 15 is 0 Å². The van der Waals surface area contributed by atoms with Crippen molar-refractivity contribution in [1.29, 1.82) is 0 Å². The van der Waals surface area contributed by atoms with Gasteiger partial charge in [-0.2, -0.15) is 4.31 Å². The van der Waals surface area contributed by atoms with Crippen LogP contribution in [0.5, 0.6) is 5.75 Å². The van der Waals surface area contributed by atoms with Crippen molar-refractivity contribution in [3.8, 4) is 5.75 Å². The summed E-state index contributed by atoms with van der Waals surface area (Å²) in [5.41, 5.74) is 0.0437. The quantitative estimate of drug-likeness (QED) is 0.606. The van der Waals surface area contributed by atoms with E-state index in [9.17, 15) is 18.0 Å². The molecule has 0 radical (unpaired) electrons. The van der Waals surface area contributed by atoms with Gasteiger partial charge in [-0.25, -0.2) is 13.2 Å². The summed E-state index contributed by atoms with van der Waals surface area (Å²) < 4.78 is 38.4. The summed E-state index contributed by atoms with van der Waals surface area (Å²) in [5.74, 6) is -0.298. The fourth-order valence-electron chi connectivity index (χ4n) is 3.62. The topological polar surface area (TPSA) is 102 Å². The summed E-state index contributed by atoms with van der Waals surface area (Å²) in [6.45, 7) is 10.2. The number of hydrogen-bond acceptors (Lipinski definition) is 6. The van der Waals surface area contributed by atoms with Gasteiger partial charge in [0.05, 0.1) is 12.7 Å². The Morgan fingerprint density at radius 3 is 2.32 bits per heavy atom. The van der Waals surface area contributed by atoms with Crippen LogP contribution < -0.4 is 10.1 Å². The van der Waals surface area contributed by atoms with Gasteiger partial charge in [-0.05, 0) is 49.3 Å². The third-order valence-electron chi connectivity index (χ3n) is 5.58. The number of methoxy groups -OCH3 is 1. The molecular formula is C22H34N2O6S. The number of amides is 1. The average Bonchev–Trinajstić information content (AvgIpc) is 2.70. The number of piperidine rings is 1. The van der Waals surface area contributed by atoms with Crippen molar-refractivity contribution in [1.82, 2.24) is 9.62 Å². The minimum atomic E-state index is -3.86. The molecule has 0 aliphatic carbocycles. The Bertz CT molecular complexity index is 889. The molecule has 31 heavy (non-hydrogen) atoms. The van der Waals surface area contributed by atoms with Gasteiger partial charge in [0.25, 0.3) is 5.91 Å². The molecular weight excluding hydrogens is 420 g/mol. The highest BCUT2D eigenvalue weighted by Crippen LogP contribution is 2.32. The number of carbonyl (C=O) groups excluding carboxylic acids is 2. The fourth-order valence-corrected chi connectivity index (χ4v) is 5.48. The van der Waals surface area contributed by atoms with E-state index < -0.39 is 28.5 Å². The van der Waals surface area contributed by atoms with Gasteiger partial charge in [-0.15, -0.1) is 0 Å². The highest BCUT2D eigenvalue weighted by molar-refractivity contribution is 7.89. The number of esters is 1. The molecule has 8 nitrogen and oxygen atoms in total. The minimum absolute atomic E-state index is 0.0437. The first-order valence-electron chi connectivity index (χ1n) is 10.6. The standard InChI is InChI=1S/C22H34N2O6S/c1-14(2)17(5)23-21(25)13-30-22(26)18-7-8-19(29-6)20(10-18)31(27,28)24-11-15(3)9-16(4)12-24/h7-8,10,14-17H,9,11-13H2,1-6H3,(H,23,25). The van der Waals surface area contributed by atoms with Crippen LogP contribution in [0.15, 0.2) is 23.1 Å². The van der Waals surface area contributed by atoms with Gasteiger partial charge in [0, 0.05) is 19.1 Å². The van der Waals surface area contributed by atoms with Crippen LogP contribution in [0.25, 0.3) is 0 Å². The number of nitrogens with one attached hydrogen (secondary N) is 1. The third-order valence-corrected chi connectivity index (χ3v) is 7.43. The number of ether oxygens (including phenoxy) is 2. The number of benzene rings is 1. The van der Waals surface area contributed by atoms with Crippen LogP contribution in [0.1, 0.15) is 51.4 Å². The molecule has 1 fully saturated rings. The molecule has 1 N–H and O–H groups in total. The summed E-state index contributed by atoms with van der Waals surface area (Å²) in [7, 11) is -2.48. The molecule has 1 aliphatic heterocycles. The van der Waals surface area contributed by atoms with Gasteiger partial charge in [0.15, 0.2) is 6.61 Å². The van der Waals surface area contributed by atoms with E-state index in [1.165, 1.54) is 29.6 Å². The molecule has 1 aromatic rings. The van der Waals surface area contributed by atoms with Gasteiger partial charge < -0.3 is 14.8 Å². The number of carbonyl (C=O) groups is 2. The summed E-state index contributed by atoms with van der Waals surface area (Å²) in [6.07, 6.45) is 0.965. The van der Waals surface area contributed by atoms with E-state index in [0.29, 0.717) is 13.1 Å². The number of hydrogen-bond donors (Lipinski definition) is 1. The Morgan fingerprint density at radius 1 is 1.16 bits per heavy atom. The van der Waals surface area contributed by atoms with Crippen LogP contribution in [-0.4, -0.2) is 57.4 Å². The van der Waals surface area contributed by atoms with Gasteiger partial charge >= 0.3 is 5.97 Å². The average molecular weight is 455 g/mol. The number of rotatable bonds is 8. The molecule has 0 aromatic heterocycles. The molecule has 9 heteroatoms. The molecule has 2 rings (SSSR count). The number of sulfonamides is 1. The van der Waals surface area contributed by atoms with E-state index in [-0.39, 0.29) is 40.0 Å². The van der Waals surface area contributed by atoms with Crippen molar-refractivity contribution in [2.45, 2.75) is 52.0 Å². The third kappa shape index (κ3) is 6.43. The zero-order chi connectivity index (χ0) is 23.3. The van der Waals surface area contributed by atoms with Crippen molar-refractivity contribution in [3.05, 3.63) is 23.8 Å². The Labute approximate surface area is 185 Å². The van der Waals surface area contributed by atoms with Crippen LogP contribution in [-0.2, 0) is 19.6 Å². The maximum absolute atomic E-state index is 13.3. The van der Waals surface area contributed by atoms with Gasteiger partial charge in [0.1, 0.15) is 10.6 Å². The molecule has 3 unspecified atom stereocenters.